The number of rotatable bonds is 8. The molecule has 32 heavy (non-hydrogen) atoms. The van der Waals surface area contributed by atoms with Crippen molar-refractivity contribution in [1.29, 1.82) is 0 Å². The summed E-state index contributed by atoms with van der Waals surface area (Å²) < 4.78 is 62.2. The third-order valence-corrected chi connectivity index (χ3v) is 6.40. The quantitative estimate of drug-likeness (QED) is 0.253. The monoisotopic (exact) mass is 482 g/mol. The molecule has 1 heterocycles. The average molecular weight is 482 g/mol. The van der Waals surface area contributed by atoms with Gasteiger partial charge in [0.05, 0.1) is 23.6 Å². The van der Waals surface area contributed by atoms with E-state index in [1.165, 1.54) is 24.3 Å². The first-order valence-corrected chi connectivity index (χ1v) is 10.8. The van der Waals surface area contributed by atoms with E-state index in [1.54, 1.807) is 6.92 Å². The first-order chi connectivity index (χ1) is 14.7. The van der Waals surface area contributed by atoms with Gasteiger partial charge in [0.15, 0.2) is 6.17 Å². The Labute approximate surface area is 182 Å². The van der Waals surface area contributed by atoms with E-state index in [-0.39, 0.29) is 4.90 Å². The van der Waals surface area contributed by atoms with Gasteiger partial charge in [-0.25, -0.2) is 22.3 Å². The summed E-state index contributed by atoms with van der Waals surface area (Å²) in [5.74, 6) is -7.51. The number of amides is 1. The molecule has 0 spiro atoms. The minimum absolute atomic E-state index is 0.365. The lowest BCUT2D eigenvalue weighted by molar-refractivity contribution is -0.277. The van der Waals surface area contributed by atoms with E-state index < -0.39 is 70.9 Å². The maximum atomic E-state index is 15.1. The molecule has 0 saturated carbocycles. The van der Waals surface area contributed by atoms with E-state index in [0.29, 0.717) is 5.56 Å². The van der Waals surface area contributed by atoms with Crippen molar-refractivity contribution < 1.29 is 52.0 Å². The Hall–Kier alpha value is -2.23. The van der Waals surface area contributed by atoms with Crippen LogP contribution in [-0.4, -0.2) is 89.7 Å². The van der Waals surface area contributed by atoms with E-state index in [1.807, 2.05) is 4.72 Å². The van der Waals surface area contributed by atoms with Crippen molar-refractivity contribution in [3.8, 4) is 0 Å². The van der Waals surface area contributed by atoms with Crippen molar-refractivity contribution in [2.45, 2.75) is 61.2 Å². The van der Waals surface area contributed by atoms with Gasteiger partial charge in [0, 0.05) is 6.92 Å². The number of carboxylic acids is 1. The number of ether oxygens (including phenoxy) is 1. The van der Waals surface area contributed by atoms with Crippen molar-refractivity contribution in [3.05, 3.63) is 29.8 Å². The lowest BCUT2D eigenvalue weighted by atomic mass is 9.86. The second-order valence-electron chi connectivity index (χ2n) is 7.36. The Morgan fingerprint density at radius 1 is 1.22 bits per heavy atom. The van der Waals surface area contributed by atoms with Crippen LogP contribution in [0.2, 0.25) is 0 Å². The average Bonchev–Trinajstić information content (AvgIpc) is 2.72. The molecule has 0 aromatic heterocycles. The van der Waals surface area contributed by atoms with Crippen LogP contribution in [0.5, 0.6) is 0 Å². The molecule has 0 aliphatic carbocycles. The molecule has 180 valence electrons. The summed E-state index contributed by atoms with van der Waals surface area (Å²) >= 11 is 0. The van der Waals surface area contributed by atoms with E-state index in [0.717, 1.165) is 6.92 Å². The van der Waals surface area contributed by atoms with Crippen LogP contribution in [0.1, 0.15) is 12.5 Å². The molecule has 11 nitrogen and oxygen atoms in total. The number of nitrogens with one attached hydrogen (secondary N) is 2. The standard InChI is InChI=1S/C18H24F2N2O9S/c1-8-3-5-10(6-4-8)32(29,30)22-13-12(21-9(2)24)15(14(26)11(25)7-23)31-18(20,16(13)19)17(27)28/h3-6,11-16,22-23,25-26H,7H2,1-2H3,(H,21,24)(H,27,28)/t11-,12-,13-,14-,15-,16?,18?/m1/s1. The predicted molar refractivity (Wildman–Crippen MR) is 103 cm³/mol. The highest BCUT2D eigenvalue weighted by Gasteiger charge is 2.63. The van der Waals surface area contributed by atoms with Gasteiger partial charge in [-0.1, -0.05) is 17.7 Å². The Morgan fingerprint density at radius 3 is 2.25 bits per heavy atom. The van der Waals surface area contributed by atoms with Crippen LogP contribution in [0.3, 0.4) is 0 Å². The normalized spacial score (nSPS) is 30.3. The SMILES string of the molecule is CC(=O)N[C@H]1[C@H]([C@H](O)[C@H](O)CO)OC(F)(C(=O)O)C(F)[C@@H]1NS(=O)(=O)c1ccc(C)cc1. The van der Waals surface area contributed by atoms with Crippen LogP contribution >= 0.6 is 0 Å². The number of halogens is 2. The summed E-state index contributed by atoms with van der Waals surface area (Å²) in [5.41, 5.74) is 0.698. The number of hydrogen-bond donors (Lipinski definition) is 6. The molecule has 1 aromatic carbocycles. The first-order valence-electron chi connectivity index (χ1n) is 9.32. The largest absolute Gasteiger partial charge is 0.477 e. The third-order valence-electron chi connectivity index (χ3n) is 4.92. The topological polar surface area (TPSA) is 182 Å². The van der Waals surface area contributed by atoms with E-state index in [2.05, 4.69) is 10.1 Å². The first kappa shape index (κ1) is 26.0. The minimum Gasteiger partial charge on any atom is -0.477 e. The molecule has 1 aliphatic rings. The van der Waals surface area contributed by atoms with E-state index in [9.17, 15) is 33.3 Å². The van der Waals surface area contributed by atoms with Crippen molar-refractivity contribution in [2.75, 3.05) is 6.61 Å². The zero-order valence-electron chi connectivity index (χ0n) is 17.0. The number of carboxylic acid groups (broad SMARTS) is 1. The summed E-state index contributed by atoms with van der Waals surface area (Å²) in [4.78, 5) is 22.7. The van der Waals surface area contributed by atoms with Gasteiger partial charge in [-0.05, 0) is 19.1 Å². The second-order valence-corrected chi connectivity index (χ2v) is 9.08. The summed E-state index contributed by atoms with van der Waals surface area (Å²) in [5, 5.41) is 40.3. The molecular weight excluding hydrogens is 458 g/mol. The zero-order chi connectivity index (χ0) is 24.4. The number of sulfonamides is 1. The van der Waals surface area contributed by atoms with Gasteiger partial charge < -0.3 is 30.5 Å². The fourth-order valence-corrected chi connectivity index (χ4v) is 4.49. The molecule has 1 fully saturated rings. The van der Waals surface area contributed by atoms with Crippen LogP contribution < -0.4 is 10.0 Å². The molecule has 6 N–H and O–H groups in total. The van der Waals surface area contributed by atoms with Crippen LogP contribution in [0.15, 0.2) is 29.2 Å². The molecule has 0 radical (unpaired) electrons. The number of benzene rings is 1. The van der Waals surface area contributed by atoms with Gasteiger partial charge in [0.25, 0.3) is 0 Å². The van der Waals surface area contributed by atoms with Gasteiger partial charge in [0.1, 0.15) is 18.3 Å². The van der Waals surface area contributed by atoms with Gasteiger partial charge in [-0.2, -0.15) is 4.39 Å². The zero-order valence-corrected chi connectivity index (χ0v) is 17.8. The number of carbonyl (C=O) groups is 2. The maximum Gasteiger partial charge on any atom is 0.372 e. The molecular formula is C18H24F2N2O9S. The molecule has 2 rings (SSSR count). The summed E-state index contributed by atoms with van der Waals surface area (Å²) in [6.07, 6.45) is -9.60. The van der Waals surface area contributed by atoms with Crippen molar-refractivity contribution in [2.24, 2.45) is 0 Å². The molecule has 1 saturated heterocycles. The van der Waals surface area contributed by atoms with Crippen molar-refractivity contribution in [1.82, 2.24) is 10.0 Å². The Morgan fingerprint density at radius 2 is 1.78 bits per heavy atom. The number of carbonyl (C=O) groups excluding carboxylic acids is 1. The number of hydrogen-bond acceptors (Lipinski definition) is 8. The lowest BCUT2D eigenvalue weighted by Crippen LogP contribution is -2.74. The van der Waals surface area contributed by atoms with Crippen LogP contribution in [0, 0.1) is 6.92 Å². The van der Waals surface area contributed by atoms with E-state index in [4.69, 9.17) is 5.11 Å². The number of aliphatic carboxylic acids is 1. The van der Waals surface area contributed by atoms with Crippen LogP contribution in [0.25, 0.3) is 0 Å². The van der Waals surface area contributed by atoms with Gasteiger partial charge in [0.2, 0.25) is 15.9 Å². The predicted octanol–water partition coefficient (Wildman–Crippen LogP) is -1.65. The molecule has 2 unspecified atom stereocenters. The Bertz CT molecular complexity index is 946. The van der Waals surface area contributed by atoms with E-state index >= 15 is 8.78 Å². The smallest absolute Gasteiger partial charge is 0.372 e. The summed E-state index contributed by atoms with van der Waals surface area (Å²) in [7, 11) is -4.58. The highest BCUT2D eigenvalue weighted by Crippen LogP contribution is 2.36. The number of aliphatic hydroxyl groups is 3. The van der Waals surface area contributed by atoms with Gasteiger partial charge >= 0.3 is 11.8 Å². The minimum atomic E-state index is -4.58. The molecule has 1 aliphatic heterocycles. The van der Waals surface area contributed by atoms with Gasteiger partial charge in [-0.3, -0.25) is 4.79 Å². The fourth-order valence-electron chi connectivity index (χ4n) is 3.24. The summed E-state index contributed by atoms with van der Waals surface area (Å²) in [6, 6.07) is 1.03. The number of aryl methyl sites for hydroxylation is 1. The molecule has 1 amide bonds. The Kier molecular flexibility index (Phi) is 7.91. The molecule has 14 heteroatoms. The molecule has 7 atom stereocenters. The highest BCUT2D eigenvalue weighted by atomic mass is 32.2. The van der Waals surface area contributed by atoms with Gasteiger partial charge in [-0.15, -0.1) is 0 Å². The molecule has 0 bridgehead atoms. The van der Waals surface area contributed by atoms with Crippen LogP contribution in [-0.2, 0) is 24.3 Å². The fraction of sp³-hybridized carbons (Fsp3) is 0.556. The van der Waals surface area contributed by atoms with Crippen molar-refractivity contribution in [3.63, 3.8) is 0 Å². The lowest BCUT2D eigenvalue weighted by Gasteiger charge is -2.47. The second kappa shape index (κ2) is 9.72. The number of alkyl halides is 2. The van der Waals surface area contributed by atoms with Crippen LogP contribution in [0.4, 0.5) is 8.78 Å². The van der Waals surface area contributed by atoms with Crippen molar-refractivity contribution >= 4 is 21.9 Å². The third kappa shape index (κ3) is 5.22. The summed E-state index contributed by atoms with van der Waals surface area (Å²) in [6.45, 7) is 1.54. The highest BCUT2D eigenvalue weighted by molar-refractivity contribution is 7.89. The Balaban J connectivity index is 2.57. The number of aliphatic hydroxyl groups excluding tert-OH is 3. The molecule has 1 aromatic rings. The maximum absolute atomic E-state index is 15.1.